The summed E-state index contributed by atoms with van der Waals surface area (Å²) in [6, 6.07) is 10.4. The summed E-state index contributed by atoms with van der Waals surface area (Å²) >= 11 is 8.29. The molecule has 126 valence electrons. The fraction of sp³-hybridized carbons (Fsp3) is 0.133. The normalized spacial score (nSPS) is 10.0. The minimum atomic E-state index is -0.621. The second kappa shape index (κ2) is 9.31. The quantitative estimate of drug-likeness (QED) is 0.454. The number of thioether (sulfide) groups is 1. The zero-order valence-electron chi connectivity index (χ0n) is 12.3. The largest absolute Gasteiger partial charge is 0.455 e. The second-order valence-corrected chi connectivity index (χ2v) is 6.82. The first-order chi connectivity index (χ1) is 11.5. The molecule has 6 nitrogen and oxygen atoms in total. The van der Waals surface area contributed by atoms with Crippen LogP contribution in [0.25, 0.3) is 0 Å². The summed E-state index contributed by atoms with van der Waals surface area (Å²) in [7, 11) is 0. The van der Waals surface area contributed by atoms with Crippen molar-refractivity contribution in [3.63, 3.8) is 0 Å². The predicted molar refractivity (Wildman–Crippen MR) is 93.1 cm³/mol. The van der Waals surface area contributed by atoms with E-state index in [2.05, 4.69) is 10.9 Å². The number of esters is 1. The van der Waals surface area contributed by atoms with E-state index in [0.29, 0.717) is 9.90 Å². The number of carbonyl (C=O) groups excluding carboxylic acids is 3. The molecular weight excluding hydrogens is 372 g/mol. The maximum atomic E-state index is 11.6. The summed E-state index contributed by atoms with van der Waals surface area (Å²) in [5.41, 5.74) is 4.41. The number of benzene rings is 1. The molecule has 0 aliphatic heterocycles. The molecule has 2 N–H and O–H groups in total. The highest BCUT2D eigenvalue weighted by atomic mass is 35.5. The van der Waals surface area contributed by atoms with E-state index >= 15 is 0 Å². The molecular formula is C15H13ClN2O4S2. The van der Waals surface area contributed by atoms with Crippen LogP contribution in [-0.4, -0.2) is 30.1 Å². The van der Waals surface area contributed by atoms with Crippen LogP contribution in [-0.2, 0) is 14.3 Å². The van der Waals surface area contributed by atoms with Crippen LogP contribution in [0.2, 0.25) is 5.02 Å². The Labute approximate surface area is 151 Å². The molecule has 0 atom stereocenters. The number of hydrazine groups is 1. The monoisotopic (exact) mass is 384 g/mol. The summed E-state index contributed by atoms with van der Waals surface area (Å²) in [5, 5.41) is 2.36. The average Bonchev–Trinajstić information content (AvgIpc) is 3.12. The Kier molecular flexibility index (Phi) is 7.10. The Morgan fingerprint density at radius 2 is 1.88 bits per heavy atom. The predicted octanol–water partition coefficient (Wildman–Crippen LogP) is 2.50. The highest BCUT2D eigenvalue weighted by molar-refractivity contribution is 8.00. The summed E-state index contributed by atoms with van der Waals surface area (Å²) in [5.74, 6) is -1.52. The molecule has 1 aromatic heterocycles. The molecule has 0 saturated carbocycles. The highest BCUT2D eigenvalue weighted by Crippen LogP contribution is 2.20. The lowest BCUT2D eigenvalue weighted by Gasteiger charge is -2.07. The maximum absolute atomic E-state index is 11.6. The van der Waals surface area contributed by atoms with Crippen molar-refractivity contribution < 1.29 is 19.1 Å². The molecule has 0 fully saturated rings. The van der Waals surface area contributed by atoms with Gasteiger partial charge in [0.2, 0.25) is 0 Å². The standard InChI is InChI=1S/C15H13ClN2O4S2/c16-10-3-5-11(6-4-10)24-9-14(20)22-8-13(19)17-18-15(21)12-2-1-7-23-12/h1-7H,8-9H2,(H,17,19)(H,18,21). The highest BCUT2D eigenvalue weighted by Gasteiger charge is 2.10. The summed E-state index contributed by atoms with van der Waals surface area (Å²) < 4.78 is 4.83. The third-order valence-corrected chi connectivity index (χ3v) is 4.70. The summed E-state index contributed by atoms with van der Waals surface area (Å²) in [4.78, 5) is 36.0. The molecule has 0 saturated heterocycles. The van der Waals surface area contributed by atoms with E-state index in [1.54, 1.807) is 41.8 Å². The Hall–Kier alpha value is -2.03. The Balaban J connectivity index is 1.63. The van der Waals surface area contributed by atoms with E-state index < -0.39 is 24.4 Å². The SMILES string of the molecule is O=C(COC(=O)CSc1ccc(Cl)cc1)NNC(=O)c1cccs1. The van der Waals surface area contributed by atoms with Gasteiger partial charge in [-0.2, -0.15) is 0 Å². The van der Waals surface area contributed by atoms with Gasteiger partial charge in [0.15, 0.2) is 6.61 Å². The minimum Gasteiger partial charge on any atom is -0.455 e. The van der Waals surface area contributed by atoms with Gasteiger partial charge in [-0.15, -0.1) is 23.1 Å². The van der Waals surface area contributed by atoms with Crippen molar-refractivity contribution in [1.29, 1.82) is 0 Å². The molecule has 1 heterocycles. The number of hydrogen-bond acceptors (Lipinski definition) is 6. The van der Waals surface area contributed by atoms with Crippen molar-refractivity contribution >= 4 is 52.5 Å². The van der Waals surface area contributed by atoms with Crippen molar-refractivity contribution in [2.45, 2.75) is 4.90 Å². The van der Waals surface area contributed by atoms with Gasteiger partial charge in [0.05, 0.1) is 10.6 Å². The Morgan fingerprint density at radius 3 is 2.54 bits per heavy atom. The van der Waals surface area contributed by atoms with E-state index in [1.165, 1.54) is 23.1 Å². The van der Waals surface area contributed by atoms with E-state index in [-0.39, 0.29) is 5.75 Å². The van der Waals surface area contributed by atoms with Crippen molar-refractivity contribution in [3.8, 4) is 0 Å². The molecule has 0 bridgehead atoms. The molecule has 9 heteroatoms. The van der Waals surface area contributed by atoms with Gasteiger partial charge < -0.3 is 4.74 Å². The van der Waals surface area contributed by atoms with Gasteiger partial charge >= 0.3 is 5.97 Å². The first kappa shape index (κ1) is 18.3. The summed E-state index contributed by atoms with van der Waals surface area (Å²) in [6.45, 7) is -0.468. The maximum Gasteiger partial charge on any atom is 0.316 e. The number of halogens is 1. The van der Waals surface area contributed by atoms with Crippen molar-refractivity contribution in [1.82, 2.24) is 10.9 Å². The van der Waals surface area contributed by atoms with E-state index in [9.17, 15) is 14.4 Å². The number of carbonyl (C=O) groups is 3. The fourth-order valence-electron chi connectivity index (χ4n) is 1.49. The minimum absolute atomic E-state index is 0.0659. The topological polar surface area (TPSA) is 84.5 Å². The lowest BCUT2D eigenvalue weighted by Crippen LogP contribution is -2.43. The van der Waals surface area contributed by atoms with Crippen molar-refractivity contribution in [3.05, 3.63) is 51.7 Å². The van der Waals surface area contributed by atoms with Crippen LogP contribution in [0.5, 0.6) is 0 Å². The lowest BCUT2D eigenvalue weighted by atomic mass is 10.4. The molecule has 0 radical (unpaired) electrons. The van der Waals surface area contributed by atoms with Crippen molar-refractivity contribution in [2.75, 3.05) is 12.4 Å². The van der Waals surface area contributed by atoms with Gasteiger partial charge in [0.1, 0.15) is 0 Å². The number of nitrogens with one attached hydrogen (secondary N) is 2. The molecule has 2 amide bonds. The van der Waals surface area contributed by atoms with Gasteiger partial charge in [-0.25, -0.2) is 0 Å². The fourth-order valence-corrected chi connectivity index (χ4v) is 2.93. The van der Waals surface area contributed by atoms with Crippen LogP contribution in [0.1, 0.15) is 9.67 Å². The van der Waals surface area contributed by atoms with Crippen molar-refractivity contribution in [2.24, 2.45) is 0 Å². The van der Waals surface area contributed by atoms with Gasteiger partial charge in [-0.3, -0.25) is 25.2 Å². The van der Waals surface area contributed by atoms with Crippen LogP contribution in [0.3, 0.4) is 0 Å². The number of thiophene rings is 1. The van der Waals surface area contributed by atoms with Gasteiger partial charge in [-0.05, 0) is 35.7 Å². The smallest absolute Gasteiger partial charge is 0.316 e. The number of amides is 2. The molecule has 0 aliphatic rings. The third kappa shape index (κ3) is 6.23. The molecule has 2 aromatic rings. The first-order valence-electron chi connectivity index (χ1n) is 6.71. The zero-order chi connectivity index (χ0) is 17.4. The Bertz CT molecular complexity index is 705. The van der Waals surface area contributed by atoms with Crippen LogP contribution in [0.4, 0.5) is 0 Å². The summed E-state index contributed by atoms with van der Waals surface area (Å²) in [6.07, 6.45) is 0. The van der Waals surface area contributed by atoms with Crippen LogP contribution in [0, 0.1) is 0 Å². The first-order valence-corrected chi connectivity index (χ1v) is 8.95. The molecule has 0 unspecified atom stereocenters. The molecule has 1 aromatic carbocycles. The molecule has 2 rings (SSSR count). The van der Waals surface area contributed by atoms with Gasteiger partial charge in [0.25, 0.3) is 11.8 Å². The second-order valence-electron chi connectivity index (χ2n) is 4.38. The lowest BCUT2D eigenvalue weighted by molar-refractivity contribution is -0.146. The van der Waals surface area contributed by atoms with Crippen LogP contribution < -0.4 is 10.9 Å². The van der Waals surface area contributed by atoms with E-state index in [4.69, 9.17) is 16.3 Å². The number of rotatable bonds is 6. The van der Waals surface area contributed by atoms with E-state index in [0.717, 1.165) is 4.90 Å². The van der Waals surface area contributed by atoms with E-state index in [1.807, 2.05) is 0 Å². The van der Waals surface area contributed by atoms with Gasteiger partial charge in [0, 0.05) is 9.92 Å². The number of hydrogen-bond donors (Lipinski definition) is 2. The molecule has 0 spiro atoms. The van der Waals surface area contributed by atoms with Crippen LogP contribution in [0.15, 0.2) is 46.7 Å². The number of ether oxygens (including phenoxy) is 1. The molecule has 24 heavy (non-hydrogen) atoms. The Morgan fingerprint density at radius 1 is 1.12 bits per heavy atom. The zero-order valence-corrected chi connectivity index (χ0v) is 14.7. The third-order valence-electron chi connectivity index (χ3n) is 2.59. The van der Waals surface area contributed by atoms with Crippen LogP contribution >= 0.6 is 34.7 Å². The molecule has 0 aliphatic carbocycles. The van der Waals surface area contributed by atoms with Gasteiger partial charge in [-0.1, -0.05) is 17.7 Å². The average molecular weight is 385 g/mol.